The van der Waals surface area contributed by atoms with Crippen molar-refractivity contribution in [2.45, 2.75) is 12.8 Å². The van der Waals surface area contributed by atoms with Gasteiger partial charge in [0.1, 0.15) is 18.0 Å². The van der Waals surface area contributed by atoms with Crippen LogP contribution in [0.25, 0.3) is 0 Å². The fourth-order valence-corrected chi connectivity index (χ4v) is 4.91. The van der Waals surface area contributed by atoms with Crippen molar-refractivity contribution in [3.63, 3.8) is 0 Å². The van der Waals surface area contributed by atoms with Crippen LogP contribution in [0, 0.1) is 17.3 Å². The van der Waals surface area contributed by atoms with Gasteiger partial charge in [0.25, 0.3) is 5.69 Å². The van der Waals surface area contributed by atoms with Gasteiger partial charge in [-0.2, -0.15) is 18.3 Å². The second-order valence-electron chi connectivity index (χ2n) is 6.59. The van der Waals surface area contributed by atoms with Crippen LogP contribution in [0.4, 0.5) is 24.5 Å². The Balaban J connectivity index is 1.73. The van der Waals surface area contributed by atoms with Gasteiger partial charge in [-0.1, -0.05) is 23.7 Å². The monoisotopic (exact) mass is 701 g/mol. The topological polar surface area (TPSA) is 76.8 Å². The van der Waals surface area contributed by atoms with Crippen LogP contribution in [-0.2, 0) is 12.8 Å². The number of hydrogen-bond donors (Lipinski definition) is 1. The lowest BCUT2D eigenvalue weighted by molar-refractivity contribution is -0.384. The Bertz CT molecular complexity index is 1180. The standard InChI is InChI=1S/C21H13ClF3I2N3O3/c22-15-4-1-12(2-5-15)11-33-20-16(26)7-13(8-17(20)27)10-28-29-18-6-3-14(21(23,24)25)9-19(18)30(31)32/h1-10,29H,11H2/b28-10-. The lowest BCUT2D eigenvalue weighted by Gasteiger charge is -2.11. The van der Waals surface area contributed by atoms with Gasteiger partial charge in [-0.05, 0) is 92.7 Å². The van der Waals surface area contributed by atoms with Crippen LogP contribution in [-0.4, -0.2) is 11.1 Å². The van der Waals surface area contributed by atoms with E-state index in [-0.39, 0.29) is 5.69 Å². The minimum Gasteiger partial charge on any atom is -0.487 e. The predicted molar refractivity (Wildman–Crippen MR) is 137 cm³/mol. The highest BCUT2D eigenvalue weighted by Crippen LogP contribution is 2.35. The van der Waals surface area contributed by atoms with Gasteiger partial charge in [0.2, 0.25) is 0 Å². The Kier molecular flexibility index (Phi) is 8.39. The number of nitrogens with one attached hydrogen (secondary N) is 1. The summed E-state index contributed by atoms with van der Waals surface area (Å²) in [4.78, 5) is 10.3. The molecule has 0 aromatic heterocycles. The summed E-state index contributed by atoms with van der Waals surface area (Å²) in [6, 6.07) is 13.1. The molecule has 0 saturated heterocycles. The van der Waals surface area contributed by atoms with Crippen molar-refractivity contribution in [3.05, 3.63) is 93.6 Å². The third kappa shape index (κ3) is 6.93. The van der Waals surface area contributed by atoms with Crippen molar-refractivity contribution in [2.24, 2.45) is 5.10 Å². The number of hydrazone groups is 1. The summed E-state index contributed by atoms with van der Waals surface area (Å²) in [6.45, 7) is 0.357. The summed E-state index contributed by atoms with van der Waals surface area (Å²) < 4.78 is 46.0. The molecule has 0 spiro atoms. The molecule has 6 nitrogen and oxygen atoms in total. The molecule has 3 rings (SSSR count). The number of alkyl halides is 3. The highest BCUT2D eigenvalue weighted by molar-refractivity contribution is 14.1. The zero-order chi connectivity index (χ0) is 24.2. The number of halogens is 6. The summed E-state index contributed by atoms with van der Waals surface area (Å²) in [7, 11) is 0. The van der Waals surface area contributed by atoms with Crippen molar-refractivity contribution >= 4 is 74.4 Å². The van der Waals surface area contributed by atoms with E-state index in [1.807, 2.05) is 12.1 Å². The fraction of sp³-hybridized carbons (Fsp3) is 0.0952. The number of benzene rings is 3. The molecule has 0 radical (unpaired) electrons. The molecule has 0 aliphatic carbocycles. The molecule has 0 fully saturated rings. The molecule has 0 atom stereocenters. The van der Waals surface area contributed by atoms with E-state index in [4.69, 9.17) is 16.3 Å². The van der Waals surface area contributed by atoms with Crippen molar-refractivity contribution < 1.29 is 22.8 Å². The maximum Gasteiger partial charge on any atom is 0.416 e. The molecular weight excluding hydrogens is 689 g/mol. The molecule has 0 unspecified atom stereocenters. The van der Waals surface area contributed by atoms with Crippen molar-refractivity contribution in [1.82, 2.24) is 0 Å². The van der Waals surface area contributed by atoms with Crippen molar-refractivity contribution in [2.75, 3.05) is 5.43 Å². The van der Waals surface area contributed by atoms with E-state index >= 15 is 0 Å². The minimum atomic E-state index is -4.68. The molecule has 33 heavy (non-hydrogen) atoms. The molecule has 0 heterocycles. The number of hydrogen-bond acceptors (Lipinski definition) is 5. The van der Waals surface area contributed by atoms with Crippen LogP contribution in [0.2, 0.25) is 5.02 Å². The van der Waals surface area contributed by atoms with Gasteiger partial charge in [0.05, 0.1) is 23.8 Å². The van der Waals surface area contributed by atoms with Gasteiger partial charge in [0.15, 0.2) is 0 Å². The number of rotatable bonds is 7. The average molecular weight is 702 g/mol. The van der Waals surface area contributed by atoms with Gasteiger partial charge in [-0.3, -0.25) is 15.5 Å². The van der Waals surface area contributed by atoms with E-state index in [1.54, 1.807) is 24.3 Å². The lowest BCUT2D eigenvalue weighted by atomic mass is 10.1. The Labute approximate surface area is 218 Å². The Hall–Kier alpha value is -2.13. The molecule has 0 aliphatic rings. The predicted octanol–water partition coefficient (Wildman–Crippen LogP) is 7.50. The fourth-order valence-electron chi connectivity index (χ4n) is 2.66. The zero-order valence-electron chi connectivity index (χ0n) is 16.4. The first-order chi connectivity index (χ1) is 15.5. The van der Waals surface area contributed by atoms with Gasteiger partial charge in [0, 0.05) is 11.1 Å². The highest BCUT2D eigenvalue weighted by atomic mass is 127. The molecule has 0 saturated carbocycles. The lowest BCUT2D eigenvalue weighted by Crippen LogP contribution is -2.06. The third-order valence-electron chi connectivity index (χ3n) is 4.24. The molecule has 0 amide bonds. The van der Waals surface area contributed by atoms with Gasteiger partial charge in [-0.25, -0.2) is 0 Å². The highest BCUT2D eigenvalue weighted by Gasteiger charge is 2.33. The third-order valence-corrected chi connectivity index (χ3v) is 6.09. The van der Waals surface area contributed by atoms with Gasteiger partial charge in [-0.15, -0.1) is 0 Å². The minimum absolute atomic E-state index is 0.156. The number of anilines is 1. The molecule has 172 valence electrons. The summed E-state index contributed by atoms with van der Waals surface area (Å²) in [5.74, 6) is 0.689. The number of ether oxygens (including phenoxy) is 1. The van der Waals surface area contributed by atoms with Crippen molar-refractivity contribution in [3.8, 4) is 5.75 Å². The summed E-state index contributed by atoms with van der Waals surface area (Å²) in [5.41, 5.74) is 2.08. The second kappa shape index (κ2) is 10.9. The summed E-state index contributed by atoms with van der Waals surface area (Å²) >= 11 is 10.1. The van der Waals surface area contributed by atoms with E-state index in [1.165, 1.54) is 6.21 Å². The van der Waals surface area contributed by atoms with Gasteiger partial charge < -0.3 is 4.74 Å². The normalized spacial score (nSPS) is 11.6. The van der Waals surface area contributed by atoms with Gasteiger partial charge >= 0.3 is 6.18 Å². The van der Waals surface area contributed by atoms with E-state index in [9.17, 15) is 23.3 Å². The molecule has 0 bridgehead atoms. The van der Waals surface area contributed by atoms with Crippen LogP contribution >= 0.6 is 56.8 Å². The Morgan fingerprint density at radius 3 is 2.30 bits per heavy atom. The Morgan fingerprint density at radius 2 is 1.73 bits per heavy atom. The first kappa shape index (κ1) is 25.5. The van der Waals surface area contributed by atoms with Crippen LogP contribution in [0.3, 0.4) is 0 Å². The molecule has 12 heteroatoms. The first-order valence-corrected chi connectivity index (χ1v) is 11.6. The second-order valence-corrected chi connectivity index (χ2v) is 9.35. The van der Waals surface area contributed by atoms with Crippen LogP contribution in [0.1, 0.15) is 16.7 Å². The number of nitro groups is 1. The first-order valence-electron chi connectivity index (χ1n) is 9.05. The SMILES string of the molecule is O=[N+]([O-])c1cc(C(F)(F)F)ccc1N/N=C\c1cc(I)c(OCc2ccc(Cl)cc2)c(I)c1. The van der Waals surface area contributed by atoms with E-state index < -0.39 is 22.4 Å². The zero-order valence-corrected chi connectivity index (χ0v) is 21.4. The van der Waals surface area contributed by atoms with E-state index in [0.29, 0.717) is 29.0 Å². The summed E-state index contributed by atoms with van der Waals surface area (Å²) in [6.07, 6.45) is -3.27. The van der Waals surface area contributed by atoms with Crippen molar-refractivity contribution in [1.29, 1.82) is 0 Å². The van der Waals surface area contributed by atoms with Crippen LogP contribution in [0.5, 0.6) is 5.75 Å². The molecule has 3 aromatic carbocycles. The Morgan fingerprint density at radius 1 is 1.09 bits per heavy atom. The number of nitro benzene ring substituents is 1. The molecular formula is C21H13ClF3I2N3O3. The molecule has 3 aromatic rings. The average Bonchev–Trinajstić information content (AvgIpc) is 2.73. The quantitative estimate of drug-likeness (QED) is 0.120. The molecule has 0 aliphatic heterocycles. The maximum absolute atomic E-state index is 12.8. The van der Waals surface area contributed by atoms with Crippen LogP contribution < -0.4 is 10.2 Å². The smallest absolute Gasteiger partial charge is 0.416 e. The van der Waals surface area contributed by atoms with E-state index in [0.717, 1.165) is 24.8 Å². The maximum atomic E-state index is 12.8. The number of nitrogens with zero attached hydrogens (tertiary/aromatic N) is 2. The van der Waals surface area contributed by atoms with E-state index in [2.05, 4.69) is 55.7 Å². The van der Waals surface area contributed by atoms with Crippen LogP contribution in [0.15, 0.2) is 59.7 Å². The largest absolute Gasteiger partial charge is 0.487 e. The summed E-state index contributed by atoms with van der Waals surface area (Å²) in [5, 5.41) is 15.7. The molecule has 1 N–H and O–H groups in total.